The maximum Gasteiger partial charge on any atom is 0.271 e. The Hall–Kier alpha value is -2.81. The molecule has 2 aromatic carbocycles. The van der Waals surface area contributed by atoms with Crippen LogP contribution in [-0.2, 0) is 4.79 Å². The van der Waals surface area contributed by atoms with Gasteiger partial charge in [-0.15, -0.1) is 0 Å². The molecule has 5 nitrogen and oxygen atoms in total. The summed E-state index contributed by atoms with van der Waals surface area (Å²) in [5, 5.41) is 0. The third-order valence-electron chi connectivity index (χ3n) is 5.57. The van der Waals surface area contributed by atoms with E-state index < -0.39 is 6.04 Å². The standard InChI is InChI=1S/C26H18Br2N2O3S/c1-14-23(15(2)31)24(21-11-10-20(33-21)17-6-8-18(27)9-7-17)30-25(32)22(34-26(30)29-14)13-16-4-3-5-19(28)12-16/h3-13,24H,1-2H3/b22-13+/t24-/m1/s1. The van der Waals surface area contributed by atoms with Gasteiger partial charge in [-0.2, -0.15) is 0 Å². The fourth-order valence-corrected chi connectivity index (χ4v) is 5.78. The number of Topliss-reactive ketones (excluding diaryl/α,β-unsaturated/α-hetero) is 1. The van der Waals surface area contributed by atoms with Gasteiger partial charge in [-0.05, 0) is 61.9 Å². The average molecular weight is 598 g/mol. The molecule has 0 bridgehead atoms. The van der Waals surface area contributed by atoms with Crippen molar-refractivity contribution in [3.63, 3.8) is 0 Å². The summed E-state index contributed by atoms with van der Waals surface area (Å²) in [6.45, 7) is 3.30. The highest BCUT2D eigenvalue weighted by molar-refractivity contribution is 9.10. The zero-order valence-electron chi connectivity index (χ0n) is 18.2. The van der Waals surface area contributed by atoms with Gasteiger partial charge in [-0.3, -0.25) is 14.2 Å². The summed E-state index contributed by atoms with van der Waals surface area (Å²) in [6, 6.07) is 18.5. The summed E-state index contributed by atoms with van der Waals surface area (Å²) in [6.07, 6.45) is 1.84. The van der Waals surface area contributed by atoms with E-state index in [1.807, 2.05) is 66.7 Å². The van der Waals surface area contributed by atoms with Crippen LogP contribution in [0.5, 0.6) is 0 Å². The van der Waals surface area contributed by atoms with Crippen LogP contribution in [0.4, 0.5) is 0 Å². The third kappa shape index (κ3) is 4.21. The average Bonchev–Trinajstić information content (AvgIpc) is 3.39. The molecule has 2 aromatic heterocycles. The van der Waals surface area contributed by atoms with Gasteiger partial charge in [0.15, 0.2) is 10.6 Å². The van der Waals surface area contributed by atoms with Gasteiger partial charge >= 0.3 is 0 Å². The predicted molar refractivity (Wildman–Crippen MR) is 140 cm³/mol. The van der Waals surface area contributed by atoms with Crippen LogP contribution in [0.25, 0.3) is 17.4 Å². The lowest BCUT2D eigenvalue weighted by molar-refractivity contribution is -0.114. The Morgan fingerprint density at radius 2 is 1.85 bits per heavy atom. The Morgan fingerprint density at radius 3 is 2.56 bits per heavy atom. The molecule has 0 fully saturated rings. The molecule has 0 N–H and O–H groups in total. The molecule has 4 aromatic rings. The number of ketones is 1. The lowest BCUT2D eigenvalue weighted by Gasteiger charge is -2.22. The number of rotatable bonds is 4. The van der Waals surface area contributed by atoms with Gasteiger partial charge in [-0.25, -0.2) is 4.99 Å². The summed E-state index contributed by atoms with van der Waals surface area (Å²) in [4.78, 5) is 31.4. The van der Waals surface area contributed by atoms with Crippen LogP contribution in [0.3, 0.4) is 0 Å². The molecule has 0 unspecified atom stereocenters. The minimum Gasteiger partial charge on any atom is -0.458 e. The van der Waals surface area contributed by atoms with E-state index in [-0.39, 0.29) is 11.3 Å². The Morgan fingerprint density at radius 1 is 1.09 bits per heavy atom. The van der Waals surface area contributed by atoms with E-state index in [2.05, 4.69) is 36.9 Å². The fraction of sp³-hybridized carbons (Fsp3) is 0.115. The first-order valence-corrected chi connectivity index (χ1v) is 12.9. The Kier molecular flexibility index (Phi) is 6.14. The molecule has 3 heterocycles. The summed E-state index contributed by atoms with van der Waals surface area (Å²) >= 11 is 8.22. The van der Waals surface area contributed by atoms with Gasteiger partial charge in [0, 0.05) is 25.8 Å². The number of hydrogen-bond donors (Lipinski definition) is 0. The van der Waals surface area contributed by atoms with Gasteiger partial charge in [0.2, 0.25) is 0 Å². The fourth-order valence-electron chi connectivity index (χ4n) is 4.06. The van der Waals surface area contributed by atoms with Crippen molar-refractivity contribution in [1.82, 2.24) is 4.57 Å². The number of aromatic nitrogens is 1. The number of halogens is 2. The lowest BCUT2D eigenvalue weighted by Crippen LogP contribution is -2.39. The molecule has 0 saturated carbocycles. The number of nitrogens with zero attached hydrogens (tertiary/aromatic N) is 2. The van der Waals surface area contributed by atoms with E-state index >= 15 is 0 Å². The molecule has 0 aliphatic carbocycles. The molecule has 8 heteroatoms. The second kappa shape index (κ2) is 9.09. The molecule has 1 aliphatic heterocycles. The van der Waals surface area contributed by atoms with Crippen LogP contribution in [0.15, 0.2) is 95.1 Å². The minimum atomic E-state index is -0.678. The largest absolute Gasteiger partial charge is 0.458 e. The van der Waals surface area contributed by atoms with Crippen molar-refractivity contribution in [3.05, 3.63) is 112 Å². The number of allylic oxidation sites excluding steroid dienone is 2. The Balaban J connectivity index is 1.69. The molecule has 0 saturated heterocycles. The lowest BCUT2D eigenvalue weighted by atomic mass is 9.98. The molecular weight excluding hydrogens is 580 g/mol. The van der Waals surface area contributed by atoms with Crippen LogP contribution in [0.2, 0.25) is 0 Å². The van der Waals surface area contributed by atoms with E-state index in [0.717, 1.165) is 20.1 Å². The van der Waals surface area contributed by atoms with Crippen LogP contribution in [0.1, 0.15) is 31.2 Å². The smallest absolute Gasteiger partial charge is 0.271 e. The second-order valence-corrected chi connectivity index (χ2v) is 10.7. The van der Waals surface area contributed by atoms with E-state index in [0.29, 0.717) is 32.1 Å². The summed E-state index contributed by atoms with van der Waals surface area (Å²) in [7, 11) is 0. The van der Waals surface area contributed by atoms with Crippen molar-refractivity contribution in [1.29, 1.82) is 0 Å². The highest BCUT2D eigenvalue weighted by Gasteiger charge is 2.33. The van der Waals surface area contributed by atoms with Crippen LogP contribution in [0, 0.1) is 0 Å². The molecular formula is C26H18Br2N2O3S. The normalized spacial score (nSPS) is 15.9. The Labute approximate surface area is 216 Å². The first-order valence-electron chi connectivity index (χ1n) is 10.5. The molecule has 1 atom stereocenters. The highest BCUT2D eigenvalue weighted by atomic mass is 79.9. The zero-order valence-corrected chi connectivity index (χ0v) is 22.2. The SMILES string of the molecule is CC(=O)C1=C(C)N=c2s/c(=C/c3cccc(Br)c3)c(=O)n2[C@@H]1c1ccc(-c2ccc(Br)cc2)o1. The van der Waals surface area contributed by atoms with Crippen molar-refractivity contribution < 1.29 is 9.21 Å². The number of fused-ring (bicyclic) bond motifs is 1. The van der Waals surface area contributed by atoms with E-state index in [4.69, 9.17) is 4.42 Å². The van der Waals surface area contributed by atoms with Crippen molar-refractivity contribution in [2.75, 3.05) is 0 Å². The Bertz CT molecular complexity index is 1640. The van der Waals surface area contributed by atoms with Crippen LogP contribution in [-0.4, -0.2) is 10.4 Å². The van der Waals surface area contributed by atoms with Gasteiger partial charge in [0.25, 0.3) is 5.56 Å². The number of carbonyl (C=O) groups excluding carboxylic acids is 1. The summed E-state index contributed by atoms with van der Waals surface area (Å²) in [5.74, 6) is 1.04. The molecule has 5 rings (SSSR count). The van der Waals surface area contributed by atoms with Crippen LogP contribution >= 0.6 is 43.2 Å². The van der Waals surface area contributed by atoms with E-state index in [9.17, 15) is 9.59 Å². The quantitative estimate of drug-likeness (QED) is 0.307. The number of thiazole rings is 1. The van der Waals surface area contributed by atoms with Crippen molar-refractivity contribution >= 4 is 55.1 Å². The van der Waals surface area contributed by atoms with Gasteiger partial charge in [-0.1, -0.05) is 67.5 Å². The monoisotopic (exact) mass is 596 g/mol. The van der Waals surface area contributed by atoms with Gasteiger partial charge in [0.1, 0.15) is 17.6 Å². The molecule has 34 heavy (non-hydrogen) atoms. The molecule has 0 spiro atoms. The topological polar surface area (TPSA) is 64.6 Å². The van der Waals surface area contributed by atoms with E-state index in [1.54, 1.807) is 11.5 Å². The maximum absolute atomic E-state index is 13.6. The first kappa shape index (κ1) is 23.0. The summed E-state index contributed by atoms with van der Waals surface area (Å²) in [5.41, 5.74) is 2.64. The van der Waals surface area contributed by atoms with Crippen LogP contribution < -0.4 is 14.9 Å². The number of hydrogen-bond acceptors (Lipinski definition) is 5. The second-order valence-electron chi connectivity index (χ2n) is 7.90. The molecule has 0 amide bonds. The summed E-state index contributed by atoms with van der Waals surface area (Å²) < 4.78 is 10.2. The number of carbonyl (C=O) groups is 1. The molecule has 1 aliphatic rings. The van der Waals surface area contributed by atoms with Gasteiger partial charge in [0.05, 0.1) is 4.53 Å². The molecule has 0 radical (unpaired) electrons. The minimum absolute atomic E-state index is 0.144. The first-order chi connectivity index (χ1) is 16.3. The number of benzene rings is 2. The van der Waals surface area contributed by atoms with E-state index in [1.165, 1.54) is 18.3 Å². The maximum atomic E-state index is 13.6. The van der Waals surface area contributed by atoms with Gasteiger partial charge < -0.3 is 4.42 Å². The zero-order chi connectivity index (χ0) is 24.0. The molecule has 170 valence electrons. The predicted octanol–water partition coefficient (Wildman–Crippen LogP) is 5.61. The highest BCUT2D eigenvalue weighted by Crippen LogP contribution is 2.34. The van der Waals surface area contributed by atoms with Crippen molar-refractivity contribution in [2.24, 2.45) is 4.99 Å². The van der Waals surface area contributed by atoms with Crippen molar-refractivity contribution in [2.45, 2.75) is 19.9 Å². The van der Waals surface area contributed by atoms with Crippen molar-refractivity contribution in [3.8, 4) is 11.3 Å². The number of furan rings is 1. The third-order valence-corrected chi connectivity index (χ3v) is 7.58.